The zero-order valence-electron chi connectivity index (χ0n) is 19.1. The summed E-state index contributed by atoms with van der Waals surface area (Å²) in [6.45, 7) is 6.62. The van der Waals surface area contributed by atoms with Crippen LogP contribution in [0.1, 0.15) is 38.5 Å². The number of aromatic nitrogens is 2. The Kier molecular flexibility index (Phi) is 5.76. The van der Waals surface area contributed by atoms with Crippen LogP contribution in [-0.4, -0.2) is 73.8 Å². The van der Waals surface area contributed by atoms with Gasteiger partial charge in [0.15, 0.2) is 0 Å². The van der Waals surface area contributed by atoms with E-state index in [9.17, 15) is 5.11 Å². The number of aliphatic hydroxyl groups excluding tert-OH is 1. The first-order chi connectivity index (χ1) is 16.1. The summed E-state index contributed by atoms with van der Waals surface area (Å²) in [4.78, 5) is 15.0. The lowest BCUT2D eigenvalue weighted by Gasteiger charge is -2.38. The fraction of sp³-hybridized carbons (Fsp3) is 0.680. The molecule has 0 aliphatic carbocycles. The number of hydrogen-bond donors (Lipinski definition) is 1. The van der Waals surface area contributed by atoms with Gasteiger partial charge in [0.25, 0.3) is 0 Å². The average molecular weight is 517 g/mol. The molecule has 5 heterocycles. The second-order valence-corrected chi connectivity index (χ2v) is 11.5. The van der Waals surface area contributed by atoms with Gasteiger partial charge in [0.1, 0.15) is 5.82 Å². The van der Waals surface area contributed by atoms with Crippen LogP contribution in [0.15, 0.2) is 22.7 Å². The summed E-state index contributed by atoms with van der Waals surface area (Å²) in [5, 5.41) is 10.6. The highest BCUT2D eigenvalue weighted by Crippen LogP contribution is 2.44. The molecule has 4 aliphatic rings. The van der Waals surface area contributed by atoms with Gasteiger partial charge in [-0.1, -0.05) is 15.9 Å². The smallest absolute Gasteiger partial charge is 0.227 e. The molecule has 2 aromatic rings. The Morgan fingerprint density at radius 3 is 2.52 bits per heavy atom. The van der Waals surface area contributed by atoms with E-state index in [-0.39, 0.29) is 18.1 Å². The fourth-order valence-corrected chi connectivity index (χ4v) is 6.69. The first-order valence-corrected chi connectivity index (χ1v) is 13.1. The largest absolute Gasteiger partial charge is 0.394 e. The topological polar surface area (TPSA) is 71.0 Å². The van der Waals surface area contributed by atoms with E-state index in [1.807, 2.05) is 0 Å². The molecule has 0 bridgehead atoms. The van der Waals surface area contributed by atoms with Gasteiger partial charge >= 0.3 is 0 Å². The van der Waals surface area contributed by atoms with E-state index >= 15 is 0 Å². The molecule has 2 spiro atoms. The molecule has 1 aromatic carbocycles. The van der Waals surface area contributed by atoms with Crippen molar-refractivity contribution in [2.24, 2.45) is 10.8 Å². The summed E-state index contributed by atoms with van der Waals surface area (Å²) in [5.41, 5.74) is 1.58. The Labute approximate surface area is 203 Å². The normalized spacial score (nSPS) is 26.7. The number of fused-ring (bicyclic) bond motifs is 1. The van der Waals surface area contributed by atoms with Crippen molar-refractivity contribution in [1.29, 1.82) is 0 Å². The predicted octanol–water partition coefficient (Wildman–Crippen LogP) is 3.77. The number of ether oxygens (including phenoxy) is 2. The van der Waals surface area contributed by atoms with Gasteiger partial charge in [0.2, 0.25) is 5.95 Å². The maximum absolute atomic E-state index is 9.49. The van der Waals surface area contributed by atoms with Crippen LogP contribution in [0, 0.1) is 10.8 Å². The van der Waals surface area contributed by atoms with Gasteiger partial charge in [0.05, 0.1) is 24.8 Å². The quantitative estimate of drug-likeness (QED) is 0.665. The molecular formula is C25H33BrN4O3. The lowest BCUT2D eigenvalue weighted by Crippen LogP contribution is -2.41. The summed E-state index contributed by atoms with van der Waals surface area (Å²) in [7, 11) is 0. The molecule has 8 heteroatoms. The minimum absolute atomic E-state index is 0.00573. The third kappa shape index (κ3) is 4.13. The van der Waals surface area contributed by atoms with Gasteiger partial charge in [-0.2, -0.15) is 4.98 Å². The molecule has 1 aromatic heterocycles. The summed E-state index contributed by atoms with van der Waals surface area (Å²) in [5.74, 6) is 1.92. The molecule has 0 amide bonds. The van der Waals surface area contributed by atoms with E-state index in [4.69, 9.17) is 19.4 Å². The highest BCUT2D eigenvalue weighted by atomic mass is 79.9. The number of nitrogens with zero attached hydrogens (tertiary/aromatic N) is 4. The van der Waals surface area contributed by atoms with Gasteiger partial charge < -0.3 is 24.4 Å². The highest BCUT2D eigenvalue weighted by Gasteiger charge is 2.43. The maximum atomic E-state index is 9.49. The Hall–Kier alpha value is -1.48. The molecular weight excluding hydrogens is 484 g/mol. The molecule has 1 atom stereocenters. The minimum atomic E-state index is 0.00573. The molecule has 33 heavy (non-hydrogen) atoms. The van der Waals surface area contributed by atoms with Crippen LogP contribution in [-0.2, 0) is 9.47 Å². The highest BCUT2D eigenvalue weighted by molar-refractivity contribution is 9.10. The van der Waals surface area contributed by atoms with Crippen molar-refractivity contribution in [1.82, 2.24) is 9.97 Å². The summed E-state index contributed by atoms with van der Waals surface area (Å²) in [6, 6.07) is 6.35. The molecule has 178 valence electrons. The van der Waals surface area contributed by atoms with Crippen molar-refractivity contribution in [2.75, 3.05) is 62.4 Å². The van der Waals surface area contributed by atoms with E-state index in [0.29, 0.717) is 5.41 Å². The van der Waals surface area contributed by atoms with Gasteiger partial charge in [-0.05, 0) is 67.6 Å². The molecule has 4 fully saturated rings. The summed E-state index contributed by atoms with van der Waals surface area (Å²) < 4.78 is 12.5. The Balaban J connectivity index is 1.28. The second kappa shape index (κ2) is 8.63. The van der Waals surface area contributed by atoms with Crippen LogP contribution in [0.25, 0.3) is 10.9 Å². The van der Waals surface area contributed by atoms with Crippen LogP contribution >= 0.6 is 15.9 Å². The maximum Gasteiger partial charge on any atom is 0.227 e. The lowest BCUT2D eigenvalue weighted by molar-refractivity contribution is 0.0254. The molecule has 4 aliphatic heterocycles. The van der Waals surface area contributed by atoms with Crippen molar-refractivity contribution in [3.63, 3.8) is 0 Å². The van der Waals surface area contributed by atoms with Gasteiger partial charge in [-0.3, -0.25) is 0 Å². The summed E-state index contributed by atoms with van der Waals surface area (Å²) in [6.07, 6.45) is 6.60. The van der Waals surface area contributed by atoms with Gasteiger partial charge in [-0.15, -0.1) is 0 Å². The number of anilines is 2. The molecule has 6 rings (SSSR count). The first kappa shape index (κ1) is 22.0. The van der Waals surface area contributed by atoms with Gasteiger partial charge in [0, 0.05) is 49.3 Å². The van der Waals surface area contributed by atoms with Crippen molar-refractivity contribution < 1.29 is 14.6 Å². The van der Waals surface area contributed by atoms with E-state index < -0.39 is 0 Å². The van der Waals surface area contributed by atoms with Gasteiger partial charge in [-0.25, -0.2) is 4.98 Å². The molecule has 1 unspecified atom stereocenters. The third-order valence-electron chi connectivity index (χ3n) is 8.51. The number of aliphatic hydroxyl groups is 1. The number of halogens is 1. The van der Waals surface area contributed by atoms with E-state index in [0.717, 1.165) is 105 Å². The third-order valence-corrected chi connectivity index (χ3v) is 9.01. The van der Waals surface area contributed by atoms with Crippen molar-refractivity contribution in [2.45, 2.75) is 44.6 Å². The van der Waals surface area contributed by atoms with Crippen LogP contribution in [0.2, 0.25) is 0 Å². The number of benzene rings is 1. The number of rotatable bonds is 3. The monoisotopic (exact) mass is 516 g/mol. The summed E-state index contributed by atoms with van der Waals surface area (Å²) >= 11 is 3.65. The average Bonchev–Trinajstić information content (AvgIpc) is 3.44. The molecule has 0 radical (unpaired) electrons. The van der Waals surface area contributed by atoms with Crippen molar-refractivity contribution in [3.8, 4) is 0 Å². The molecule has 4 saturated heterocycles. The first-order valence-electron chi connectivity index (χ1n) is 12.3. The SMILES string of the molecule is OCC1CC2(CCN(c3nc(N4CCC5(CCOCC5)C4)c4cc(Br)ccc4n3)CC2)CO1. The number of hydrogen-bond acceptors (Lipinski definition) is 7. The van der Waals surface area contributed by atoms with Crippen LogP contribution in [0.4, 0.5) is 11.8 Å². The van der Waals surface area contributed by atoms with Crippen molar-refractivity contribution in [3.05, 3.63) is 22.7 Å². The fourth-order valence-electron chi connectivity index (χ4n) is 6.33. The second-order valence-electron chi connectivity index (χ2n) is 10.6. The lowest BCUT2D eigenvalue weighted by atomic mass is 9.77. The van der Waals surface area contributed by atoms with Crippen LogP contribution in [0.5, 0.6) is 0 Å². The molecule has 0 saturated carbocycles. The van der Waals surface area contributed by atoms with E-state index in [2.05, 4.69) is 43.9 Å². The Morgan fingerprint density at radius 2 is 1.76 bits per heavy atom. The van der Waals surface area contributed by atoms with E-state index in [1.54, 1.807) is 0 Å². The predicted molar refractivity (Wildman–Crippen MR) is 132 cm³/mol. The van der Waals surface area contributed by atoms with Crippen LogP contribution in [0.3, 0.4) is 0 Å². The van der Waals surface area contributed by atoms with Crippen molar-refractivity contribution >= 4 is 38.6 Å². The van der Waals surface area contributed by atoms with Crippen LogP contribution < -0.4 is 9.80 Å². The van der Waals surface area contributed by atoms with E-state index in [1.165, 1.54) is 6.42 Å². The minimum Gasteiger partial charge on any atom is -0.394 e. The number of piperidine rings is 1. The standard InChI is InChI=1S/C25H33BrN4O3/c26-18-1-2-21-20(13-18)22(30-10-3-24(16-30)6-11-32-12-7-24)28-23(27-21)29-8-4-25(5-9-29)14-19(15-31)33-17-25/h1-2,13,19,31H,3-12,14-17H2. The molecule has 1 N–H and O–H groups in total. The zero-order chi connectivity index (χ0) is 22.5. The zero-order valence-corrected chi connectivity index (χ0v) is 20.7. The Morgan fingerprint density at radius 1 is 1.00 bits per heavy atom. The Bertz CT molecular complexity index is 1020. The molecule has 7 nitrogen and oxygen atoms in total.